The molecule has 0 atom stereocenters. The van der Waals surface area contributed by atoms with Crippen LogP contribution in [0.25, 0.3) is 0 Å². The lowest BCUT2D eigenvalue weighted by Crippen LogP contribution is -1.93. The highest BCUT2D eigenvalue weighted by Gasteiger charge is 2.18. The molecule has 1 rings (SSSR count). The minimum atomic E-state index is -4.62. The maximum atomic E-state index is 10.4. The van der Waals surface area contributed by atoms with Gasteiger partial charge in [-0.25, -0.2) is 9.55 Å². The fourth-order valence-electron chi connectivity index (χ4n) is 0.582. The van der Waals surface area contributed by atoms with Gasteiger partial charge in [0.2, 0.25) is 5.88 Å². The number of phosphoric acid groups is 1. The molecule has 5 nitrogen and oxygen atoms in total. The molecule has 0 unspecified atom stereocenters. The Kier molecular flexibility index (Phi) is 3.16. The molecule has 0 spiro atoms. The van der Waals surface area contributed by atoms with Gasteiger partial charge in [0.25, 0.3) is 0 Å². The van der Waals surface area contributed by atoms with Gasteiger partial charge in [-0.05, 0) is 6.07 Å². The summed E-state index contributed by atoms with van der Waals surface area (Å²) in [5.41, 5.74) is 0. The van der Waals surface area contributed by atoms with Gasteiger partial charge in [0.05, 0.1) is 5.02 Å². The van der Waals surface area contributed by atoms with Crippen LogP contribution in [0.3, 0.4) is 0 Å². The van der Waals surface area contributed by atoms with E-state index in [1.165, 1.54) is 12.3 Å². The number of hydrogen-bond donors (Lipinski definition) is 2. The zero-order valence-electron chi connectivity index (χ0n) is 6.02. The van der Waals surface area contributed by atoms with Crippen LogP contribution in [-0.4, -0.2) is 14.8 Å². The summed E-state index contributed by atoms with van der Waals surface area (Å²) in [7, 11) is -4.62. The van der Waals surface area contributed by atoms with Gasteiger partial charge in [0, 0.05) is 6.20 Å². The number of pyridine rings is 1. The average Bonchev–Trinajstić information content (AvgIpc) is 1.93. The predicted octanol–water partition coefficient (Wildman–Crippen LogP) is 1.86. The molecule has 0 saturated carbocycles. The van der Waals surface area contributed by atoms with Crippen molar-refractivity contribution >= 4 is 31.0 Å². The van der Waals surface area contributed by atoms with Crippen molar-refractivity contribution in [2.24, 2.45) is 0 Å². The van der Waals surface area contributed by atoms with Gasteiger partial charge in [0.15, 0.2) is 0 Å². The van der Waals surface area contributed by atoms with Gasteiger partial charge in [-0.2, -0.15) is 0 Å². The third kappa shape index (κ3) is 3.50. The van der Waals surface area contributed by atoms with E-state index in [1.807, 2.05) is 0 Å². The van der Waals surface area contributed by atoms with E-state index >= 15 is 0 Å². The van der Waals surface area contributed by atoms with Crippen LogP contribution in [0.1, 0.15) is 0 Å². The van der Waals surface area contributed by atoms with Gasteiger partial charge >= 0.3 is 7.82 Å². The van der Waals surface area contributed by atoms with Crippen LogP contribution in [0.2, 0.25) is 10.0 Å². The third-order valence-corrected chi connectivity index (χ3v) is 1.87. The van der Waals surface area contributed by atoms with Gasteiger partial charge in [-0.15, -0.1) is 0 Å². The maximum absolute atomic E-state index is 10.4. The maximum Gasteiger partial charge on any atom is 0.526 e. The normalized spacial score (nSPS) is 11.4. The first-order valence-electron chi connectivity index (χ1n) is 2.95. The van der Waals surface area contributed by atoms with E-state index in [2.05, 4.69) is 9.51 Å². The SMILES string of the molecule is O=P(O)(O)Oc1ncc(Cl)cc1Cl. The molecule has 13 heavy (non-hydrogen) atoms. The van der Waals surface area contributed by atoms with Crippen molar-refractivity contribution in [3.8, 4) is 5.88 Å². The molecule has 0 fully saturated rings. The molecule has 0 bridgehead atoms. The summed E-state index contributed by atoms with van der Waals surface area (Å²) < 4.78 is 14.5. The van der Waals surface area contributed by atoms with Crippen LogP contribution in [-0.2, 0) is 4.57 Å². The molecule has 1 aromatic heterocycles. The molecule has 0 aliphatic carbocycles. The standard InChI is InChI=1S/C5H4Cl2NO4P/c6-3-1-4(7)5(8-2-3)12-13(9,10)11/h1-2H,(H2,9,10,11). The average molecular weight is 244 g/mol. The molecule has 0 radical (unpaired) electrons. The second kappa shape index (κ2) is 3.82. The van der Waals surface area contributed by atoms with Crippen molar-refractivity contribution in [1.29, 1.82) is 0 Å². The highest BCUT2D eigenvalue weighted by atomic mass is 35.5. The lowest BCUT2D eigenvalue weighted by Gasteiger charge is -2.06. The zero-order chi connectivity index (χ0) is 10.1. The van der Waals surface area contributed by atoms with Gasteiger partial charge in [0.1, 0.15) is 5.02 Å². The summed E-state index contributed by atoms with van der Waals surface area (Å²) in [4.78, 5) is 20.3. The number of phosphoric ester groups is 1. The summed E-state index contributed by atoms with van der Waals surface area (Å²) in [5, 5.41) is 0.193. The summed E-state index contributed by atoms with van der Waals surface area (Å²) >= 11 is 11.0. The lowest BCUT2D eigenvalue weighted by atomic mass is 10.5. The first-order chi connectivity index (χ1) is 5.88. The van der Waals surface area contributed by atoms with Crippen LogP contribution >= 0.6 is 31.0 Å². The second-order valence-corrected chi connectivity index (χ2v) is 4.03. The van der Waals surface area contributed by atoms with E-state index in [-0.39, 0.29) is 15.9 Å². The number of hydrogen-bond acceptors (Lipinski definition) is 3. The first kappa shape index (κ1) is 10.8. The number of aromatic nitrogens is 1. The zero-order valence-corrected chi connectivity index (χ0v) is 8.42. The Morgan fingerprint density at radius 1 is 1.46 bits per heavy atom. The van der Waals surface area contributed by atoms with Crippen LogP contribution < -0.4 is 4.52 Å². The summed E-state index contributed by atoms with van der Waals surface area (Å²) in [6.07, 6.45) is 1.17. The van der Waals surface area contributed by atoms with E-state index < -0.39 is 7.82 Å². The van der Waals surface area contributed by atoms with Crippen LogP contribution in [0.5, 0.6) is 5.88 Å². The Bertz CT molecular complexity index is 366. The minimum Gasteiger partial charge on any atom is -0.384 e. The molecule has 0 amide bonds. The van der Waals surface area contributed by atoms with E-state index in [4.69, 9.17) is 33.0 Å². The Morgan fingerprint density at radius 3 is 2.54 bits per heavy atom. The fourth-order valence-corrected chi connectivity index (χ4v) is 1.43. The van der Waals surface area contributed by atoms with Crippen molar-refractivity contribution < 1.29 is 18.9 Å². The first-order valence-corrected chi connectivity index (χ1v) is 5.23. The minimum absolute atomic E-state index is 0.0594. The topological polar surface area (TPSA) is 79.7 Å². The van der Waals surface area contributed by atoms with Crippen LogP contribution in [0, 0.1) is 0 Å². The number of halogens is 2. The quantitative estimate of drug-likeness (QED) is 0.776. The molecular weight excluding hydrogens is 240 g/mol. The second-order valence-electron chi connectivity index (χ2n) is 2.02. The molecule has 0 aliphatic rings. The lowest BCUT2D eigenvalue weighted by molar-refractivity contribution is 0.279. The van der Waals surface area contributed by atoms with Crippen molar-refractivity contribution in [2.75, 3.05) is 0 Å². The molecular formula is C5H4Cl2NO4P. The Labute approximate surface area is 83.5 Å². The third-order valence-electron chi connectivity index (χ3n) is 0.979. The molecule has 0 aliphatic heterocycles. The Balaban J connectivity index is 2.97. The molecule has 0 saturated heterocycles. The van der Waals surface area contributed by atoms with E-state index in [0.29, 0.717) is 0 Å². The van der Waals surface area contributed by atoms with Crippen molar-refractivity contribution in [3.05, 3.63) is 22.3 Å². The van der Waals surface area contributed by atoms with Crippen LogP contribution in [0.15, 0.2) is 12.3 Å². The predicted molar refractivity (Wildman–Crippen MR) is 46.9 cm³/mol. The van der Waals surface area contributed by atoms with E-state index in [9.17, 15) is 4.57 Å². The van der Waals surface area contributed by atoms with E-state index in [0.717, 1.165) is 0 Å². The summed E-state index contributed by atoms with van der Waals surface area (Å²) in [6.45, 7) is 0. The fraction of sp³-hybridized carbons (Fsp3) is 0. The van der Waals surface area contributed by atoms with Gasteiger partial charge in [-0.1, -0.05) is 23.2 Å². The smallest absolute Gasteiger partial charge is 0.384 e. The molecule has 72 valence electrons. The largest absolute Gasteiger partial charge is 0.526 e. The molecule has 1 heterocycles. The van der Waals surface area contributed by atoms with E-state index in [1.54, 1.807) is 0 Å². The van der Waals surface area contributed by atoms with Gasteiger partial charge in [-0.3, -0.25) is 9.79 Å². The highest BCUT2D eigenvalue weighted by Crippen LogP contribution is 2.39. The highest BCUT2D eigenvalue weighted by molar-refractivity contribution is 7.46. The number of rotatable bonds is 2. The molecule has 1 aromatic rings. The number of nitrogens with zero attached hydrogens (tertiary/aromatic N) is 1. The van der Waals surface area contributed by atoms with Crippen molar-refractivity contribution in [2.45, 2.75) is 0 Å². The molecule has 8 heteroatoms. The monoisotopic (exact) mass is 243 g/mol. The van der Waals surface area contributed by atoms with Gasteiger partial charge < -0.3 is 4.52 Å². The Hall–Kier alpha value is -0.320. The van der Waals surface area contributed by atoms with Crippen molar-refractivity contribution in [3.63, 3.8) is 0 Å². The van der Waals surface area contributed by atoms with Crippen LogP contribution in [0.4, 0.5) is 0 Å². The summed E-state index contributed by atoms with van der Waals surface area (Å²) in [6, 6.07) is 1.26. The summed E-state index contributed by atoms with van der Waals surface area (Å²) in [5.74, 6) is -0.348. The van der Waals surface area contributed by atoms with Crippen molar-refractivity contribution in [1.82, 2.24) is 4.98 Å². The Morgan fingerprint density at radius 2 is 2.08 bits per heavy atom. The molecule has 2 N–H and O–H groups in total. The molecule has 0 aromatic carbocycles.